The number of carbonyl (C=O) groups is 1. The molecular weight excluding hydrogens is 372 g/mol. The summed E-state index contributed by atoms with van der Waals surface area (Å²) in [6.45, 7) is 0. The van der Waals surface area contributed by atoms with Gasteiger partial charge in [-0.3, -0.25) is 9.59 Å². The molecule has 7 heteroatoms. The van der Waals surface area contributed by atoms with Gasteiger partial charge in [0, 0.05) is 16.9 Å². The first-order valence-electron chi connectivity index (χ1n) is 7.11. The van der Waals surface area contributed by atoms with E-state index in [4.69, 9.17) is 0 Å². The number of nitrogens with zero attached hydrogens (tertiary/aromatic N) is 3. The zero-order valence-electron chi connectivity index (χ0n) is 12.7. The van der Waals surface area contributed by atoms with Crippen LogP contribution in [-0.4, -0.2) is 21.9 Å². The summed E-state index contributed by atoms with van der Waals surface area (Å²) in [6.07, 6.45) is 1.54. The Morgan fingerprint density at radius 1 is 1.17 bits per heavy atom. The van der Waals surface area contributed by atoms with Gasteiger partial charge in [0.05, 0.1) is 11.6 Å². The lowest BCUT2D eigenvalue weighted by Gasteiger charge is -2.06. The molecule has 2 aromatic carbocycles. The monoisotopic (exact) mass is 384 g/mol. The number of rotatable bonds is 3. The summed E-state index contributed by atoms with van der Waals surface area (Å²) in [6, 6.07) is 14.3. The van der Waals surface area contributed by atoms with Gasteiger partial charge in [0.2, 0.25) is 0 Å². The van der Waals surface area contributed by atoms with Crippen LogP contribution in [0.3, 0.4) is 0 Å². The molecular formula is C17H13BrN4O2. The molecule has 1 aromatic heterocycles. The minimum Gasteiger partial charge on any atom is -0.267 e. The largest absolute Gasteiger partial charge is 0.292 e. The Hall–Kier alpha value is -2.80. The molecule has 1 N–H and O–H groups in total. The molecule has 0 bridgehead atoms. The van der Waals surface area contributed by atoms with E-state index in [0.717, 1.165) is 14.7 Å². The van der Waals surface area contributed by atoms with Crippen molar-refractivity contribution in [3.63, 3.8) is 0 Å². The van der Waals surface area contributed by atoms with Crippen molar-refractivity contribution in [3.8, 4) is 0 Å². The molecule has 120 valence electrons. The highest BCUT2D eigenvalue weighted by Gasteiger charge is 2.14. The molecule has 3 rings (SSSR count). The molecule has 1 amide bonds. The molecule has 0 aliphatic heterocycles. The van der Waals surface area contributed by atoms with E-state index in [1.165, 1.54) is 13.3 Å². The van der Waals surface area contributed by atoms with Gasteiger partial charge in [-0.1, -0.05) is 46.3 Å². The van der Waals surface area contributed by atoms with Crippen molar-refractivity contribution < 1.29 is 4.79 Å². The van der Waals surface area contributed by atoms with Gasteiger partial charge in [0.1, 0.15) is 0 Å². The maximum atomic E-state index is 12.4. The van der Waals surface area contributed by atoms with Gasteiger partial charge in [-0.25, -0.2) is 10.1 Å². The van der Waals surface area contributed by atoms with Crippen LogP contribution < -0.4 is 11.0 Å². The highest BCUT2D eigenvalue weighted by molar-refractivity contribution is 9.10. The van der Waals surface area contributed by atoms with Gasteiger partial charge in [-0.2, -0.15) is 10.2 Å². The molecule has 0 aliphatic carbocycles. The van der Waals surface area contributed by atoms with E-state index < -0.39 is 5.91 Å². The Morgan fingerprint density at radius 2 is 1.83 bits per heavy atom. The third-order valence-corrected chi connectivity index (χ3v) is 3.95. The molecule has 0 saturated carbocycles. The van der Waals surface area contributed by atoms with E-state index in [-0.39, 0.29) is 11.3 Å². The molecule has 0 aliphatic rings. The number of amides is 1. The van der Waals surface area contributed by atoms with Gasteiger partial charge in [-0.05, 0) is 23.8 Å². The highest BCUT2D eigenvalue weighted by atomic mass is 79.9. The number of aromatic nitrogens is 2. The van der Waals surface area contributed by atoms with Crippen LogP contribution in [0, 0.1) is 0 Å². The number of hydrogen-bond acceptors (Lipinski definition) is 4. The number of aryl methyl sites for hydroxylation is 1. The van der Waals surface area contributed by atoms with E-state index >= 15 is 0 Å². The Labute approximate surface area is 145 Å². The van der Waals surface area contributed by atoms with Crippen LogP contribution in [0.15, 0.2) is 62.9 Å². The smallest absolute Gasteiger partial charge is 0.267 e. The maximum Gasteiger partial charge on any atom is 0.292 e. The summed E-state index contributed by atoms with van der Waals surface area (Å²) in [4.78, 5) is 24.4. The predicted molar refractivity (Wildman–Crippen MR) is 96.2 cm³/mol. The van der Waals surface area contributed by atoms with Crippen molar-refractivity contribution in [2.45, 2.75) is 0 Å². The standard InChI is InChI=1S/C17H13BrN4O2/c1-22-17(24)14-5-3-2-4-13(14)15(21-22)16(23)20-19-10-11-6-8-12(18)9-7-11/h2-10H,1H3,(H,20,23)/b19-10-. The van der Waals surface area contributed by atoms with E-state index in [2.05, 4.69) is 31.6 Å². The Balaban J connectivity index is 1.88. The van der Waals surface area contributed by atoms with E-state index in [1.54, 1.807) is 24.3 Å². The highest BCUT2D eigenvalue weighted by Crippen LogP contribution is 2.13. The predicted octanol–water partition coefficient (Wildman–Crippen LogP) is 2.46. The number of halogens is 1. The molecule has 0 unspecified atom stereocenters. The molecule has 1 heterocycles. The Bertz CT molecular complexity index is 994. The second kappa shape index (κ2) is 6.76. The molecule has 0 saturated heterocycles. The van der Waals surface area contributed by atoms with Crippen molar-refractivity contribution >= 4 is 38.8 Å². The molecule has 0 radical (unpaired) electrons. The van der Waals surface area contributed by atoms with Crippen LogP contribution >= 0.6 is 15.9 Å². The maximum absolute atomic E-state index is 12.4. The van der Waals surface area contributed by atoms with Crippen LogP contribution in [0.2, 0.25) is 0 Å². The second-order valence-corrected chi connectivity index (χ2v) is 5.99. The lowest BCUT2D eigenvalue weighted by Crippen LogP contribution is -2.27. The lowest BCUT2D eigenvalue weighted by atomic mass is 10.1. The summed E-state index contributed by atoms with van der Waals surface area (Å²) >= 11 is 3.35. The molecule has 24 heavy (non-hydrogen) atoms. The minimum absolute atomic E-state index is 0.153. The number of nitrogens with one attached hydrogen (secondary N) is 1. The Kier molecular flexibility index (Phi) is 4.52. The number of benzene rings is 2. The van der Waals surface area contributed by atoms with E-state index in [9.17, 15) is 9.59 Å². The van der Waals surface area contributed by atoms with Gasteiger partial charge in [-0.15, -0.1) is 0 Å². The first-order valence-corrected chi connectivity index (χ1v) is 7.90. The summed E-state index contributed by atoms with van der Waals surface area (Å²) in [5.41, 5.74) is 3.19. The Morgan fingerprint density at radius 3 is 2.54 bits per heavy atom. The minimum atomic E-state index is -0.477. The summed E-state index contributed by atoms with van der Waals surface area (Å²) in [5.74, 6) is -0.477. The SMILES string of the molecule is Cn1nc(C(=O)N/N=C\c2ccc(Br)cc2)c2ccccc2c1=O. The van der Waals surface area contributed by atoms with Gasteiger partial charge >= 0.3 is 0 Å². The van der Waals surface area contributed by atoms with Gasteiger partial charge < -0.3 is 0 Å². The van der Waals surface area contributed by atoms with Crippen LogP contribution in [0.4, 0.5) is 0 Å². The van der Waals surface area contributed by atoms with Gasteiger partial charge in [0.15, 0.2) is 5.69 Å². The molecule has 0 atom stereocenters. The van der Waals surface area contributed by atoms with Crippen LogP contribution in [0.5, 0.6) is 0 Å². The fourth-order valence-electron chi connectivity index (χ4n) is 2.23. The fourth-order valence-corrected chi connectivity index (χ4v) is 2.50. The number of carbonyl (C=O) groups excluding carboxylic acids is 1. The number of hydrazone groups is 1. The van der Waals surface area contributed by atoms with Crippen molar-refractivity contribution in [3.05, 3.63) is 74.6 Å². The third kappa shape index (κ3) is 3.26. The molecule has 0 spiro atoms. The van der Waals surface area contributed by atoms with Crippen molar-refractivity contribution in [2.24, 2.45) is 12.1 Å². The lowest BCUT2D eigenvalue weighted by molar-refractivity contribution is 0.0950. The fraction of sp³-hybridized carbons (Fsp3) is 0.0588. The molecule has 3 aromatic rings. The topological polar surface area (TPSA) is 76.3 Å². The molecule has 0 fully saturated rings. The van der Waals surface area contributed by atoms with Gasteiger partial charge in [0.25, 0.3) is 11.5 Å². The average Bonchev–Trinajstić information content (AvgIpc) is 2.60. The second-order valence-electron chi connectivity index (χ2n) is 5.07. The van der Waals surface area contributed by atoms with E-state index in [0.29, 0.717) is 10.8 Å². The van der Waals surface area contributed by atoms with Crippen LogP contribution in [-0.2, 0) is 7.05 Å². The first kappa shape index (κ1) is 16.1. The zero-order chi connectivity index (χ0) is 17.1. The van der Waals surface area contributed by atoms with E-state index in [1.807, 2.05) is 24.3 Å². The van der Waals surface area contributed by atoms with Crippen LogP contribution in [0.25, 0.3) is 10.8 Å². The van der Waals surface area contributed by atoms with Crippen molar-refractivity contribution in [1.29, 1.82) is 0 Å². The van der Waals surface area contributed by atoms with Crippen molar-refractivity contribution in [2.75, 3.05) is 0 Å². The quantitative estimate of drug-likeness (QED) is 0.556. The summed E-state index contributed by atoms with van der Waals surface area (Å²) in [7, 11) is 1.51. The normalized spacial score (nSPS) is 11.1. The zero-order valence-corrected chi connectivity index (χ0v) is 14.3. The third-order valence-electron chi connectivity index (χ3n) is 3.42. The first-order chi connectivity index (χ1) is 11.6. The summed E-state index contributed by atoms with van der Waals surface area (Å²) < 4.78 is 2.11. The van der Waals surface area contributed by atoms with Crippen LogP contribution in [0.1, 0.15) is 16.1 Å². The average molecular weight is 385 g/mol. The summed E-state index contributed by atoms with van der Waals surface area (Å²) in [5, 5.41) is 8.93. The van der Waals surface area contributed by atoms with Crippen molar-refractivity contribution in [1.82, 2.24) is 15.2 Å². The number of fused-ring (bicyclic) bond motifs is 1. The number of hydrogen-bond donors (Lipinski definition) is 1. The molecule has 6 nitrogen and oxygen atoms in total.